The molecular weight excluding hydrogens is 414 g/mol. The molecule has 1 saturated heterocycles. The van der Waals surface area contributed by atoms with Gasteiger partial charge in [-0.1, -0.05) is 23.7 Å². The molecule has 2 unspecified atom stereocenters. The zero-order valence-electron chi connectivity index (χ0n) is 17.5. The molecule has 1 aromatic carbocycles. The highest BCUT2D eigenvalue weighted by atomic mass is 35.5. The van der Waals surface area contributed by atoms with E-state index in [1.807, 2.05) is 0 Å². The van der Waals surface area contributed by atoms with Gasteiger partial charge in [0.2, 0.25) is 0 Å². The summed E-state index contributed by atoms with van der Waals surface area (Å²) in [7, 11) is 0. The molecule has 2 heterocycles. The van der Waals surface area contributed by atoms with Crippen LogP contribution in [0.1, 0.15) is 31.7 Å². The number of hydrogen-bond donors (Lipinski definition) is 1. The summed E-state index contributed by atoms with van der Waals surface area (Å²) in [4.78, 5) is 31.5. The van der Waals surface area contributed by atoms with E-state index in [1.165, 1.54) is 12.8 Å². The van der Waals surface area contributed by atoms with Gasteiger partial charge in [-0.15, -0.1) is 0 Å². The maximum Gasteiger partial charge on any atom is 0.312 e. The monoisotopic (exact) mass is 439 g/mol. The van der Waals surface area contributed by atoms with Crippen molar-refractivity contribution in [3.63, 3.8) is 0 Å². The van der Waals surface area contributed by atoms with Gasteiger partial charge in [-0.3, -0.25) is 9.59 Å². The molecule has 1 aliphatic carbocycles. The number of amides is 2. The smallest absolute Gasteiger partial charge is 0.312 e. The lowest BCUT2D eigenvalue weighted by molar-refractivity contribution is -0.119. The summed E-state index contributed by atoms with van der Waals surface area (Å²) in [5.74, 6) is -0.467. The average Bonchev–Trinajstić information content (AvgIpc) is 3.30. The maximum atomic E-state index is 12.5. The number of nitrogens with one attached hydrogen (secondary N) is 1. The SMILES string of the molecule is CC(CCNC(=O)C1=CC2=NC(=O)/C(=C\c3ccc(Cl)cc3)OC2C=C1)N1CCCC1. The lowest BCUT2D eigenvalue weighted by Crippen LogP contribution is -2.36. The van der Waals surface area contributed by atoms with Gasteiger partial charge in [0.05, 0.1) is 5.71 Å². The van der Waals surface area contributed by atoms with Gasteiger partial charge in [0.15, 0.2) is 11.9 Å². The molecule has 3 aliphatic rings. The number of carbonyl (C=O) groups excluding carboxylic acids is 2. The molecule has 0 spiro atoms. The van der Waals surface area contributed by atoms with E-state index in [0.717, 1.165) is 25.1 Å². The zero-order valence-corrected chi connectivity index (χ0v) is 18.3. The van der Waals surface area contributed by atoms with Gasteiger partial charge in [0, 0.05) is 23.2 Å². The number of fused-ring (bicyclic) bond motifs is 1. The predicted octanol–water partition coefficient (Wildman–Crippen LogP) is 3.53. The second kappa shape index (κ2) is 9.62. The van der Waals surface area contributed by atoms with Crippen LogP contribution in [0.3, 0.4) is 0 Å². The van der Waals surface area contributed by atoms with Gasteiger partial charge in [-0.05, 0) is 81.3 Å². The molecule has 0 saturated carbocycles. The van der Waals surface area contributed by atoms with Crippen molar-refractivity contribution < 1.29 is 14.3 Å². The summed E-state index contributed by atoms with van der Waals surface area (Å²) >= 11 is 5.90. The molecule has 2 amide bonds. The minimum absolute atomic E-state index is 0.165. The van der Waals surface area contributed by atoms with Crippen molar-refractivity contribution in [2.45, 2.75) is 38.3 Å². The van der Waals surface area contributed by atoms with Crippen molar-refractivity contribution in [1.29, 1.82) is 0 Å². The third-order valence-electron chi connectivity index (χ3n) is 5.78. The Morgan fingerprint density at radius 3 is 2.81 bits per heavy atom. The second-order valence-corrected chi connectivity index (χ2v) is 8.47. The summed E-state index contributed by atoms with van der Waals surface area (Å²) < 4.78 is 5.81. The molecule has 2 atom stereocenters. The summed E-state index contributed by atoms with van der Waals surface area (Å²) in [5.41, 5.74) is 1.71. The number of hydrogen-bond acceptors (Lipinski definition) is 4. The first-order valence-corrected chi connectivity index (χ1v) is 11.1. The number of rotatable bonds is 6. The van der Waals surface area contributed by atoms with E-state index in [4.69, 9.17) is 16.3 Å². The summed E-state index contributed by atoms with van der Waals surface area (Å²) in [6, 6.07) is 7.55. The predicted molar refractivity (Wildman–Crippen MR) is 122 cm³/mol. The number of ether oxygens (including phenoxy) is 1. The number of halogens is 1. The first-order valence-electron chi connectivity index (χ1n) is 10.7. The van der Waals surface area contributed by atoms with Crippen molar-refractivity contribution in [3.05, 3.63) is 64.4 Å². The second-order valence-electron chi connectivity index (χ2n) is 8.04. The van der Waals surface area contributed by atoms with Crippen LogP contribution in [-0.2, 0) is 14.3 Å². The molecule has 6 nitrogen and oxygen atoms in total. The van der Waals surface area contributed by atoms with Crippen LogP contribution in [0.5, 0.6) is 0 Å². The van der Waals surface area contributed by atoms with E-state index < -0.39 is 12.0 Å². The van der Waals surface area contributed by atoms with E-state index in [0.29, 0.717) is 28.9 Å². The zero-order chi connectivity index (χ0) is 21.8. The van der Waals surface area contributed by atoms with Crippen LogP contribution < -0.4 is 5.32 Å². The Morgan fingerprint density at radius 2 is 2.06 bits per heavy atom. The van der Waals surface area contributed by atoms with Crippen LogP contribution in [0, 0.1) is 0 Å². The molecule has 162 valence electrons. The fourth-order valence-corrected chi connectivity index (χ4v) is 4.07. The molecule has 31 heavy (non-hydrogen) atoms. The highest BCUT2D eigenvalue weighted by Crippen LogP contribution is 2.23. The third kappa shape index (κ3) is 5.32. The van der Waals surface area contributed by atoms with E-state index in [1.54, 1.807) is 48.6 Å². The van der Waals surface area contributed by atoms with E-state index in [2.05, 4.69) is 22.1 Å². The Kier molecular flexibility index (Phi) is 6.68. The molecule has 0 aromatic heterocycles. The number of carbonyl (C=O) groups is 2. The lowest BCUT2D eigenvalue weighted by atomic mass is 10.0. The molecule has 1 fully saturated rings. The van der Waals surface area contributed by atoms with Gasteiger partial charge in [-0.25, -0.2) is 4.99 Å². The molecule has 4 rings (SSSR count). The Morgan fingerprint density at radius 1 is 1.32 bits per heavy atom. The topological polar surface area (TPSA) is 71.0 Å². The average molecular weight is 440 g/mol. The molecule has 0 bridgehead atoms. The third-order valence-corrected chi connectivity index (χ3v) is 6.03. The van der Waals surface area contributed by atoms with Gasteiger partial charge >= 0.3 is 5.91 Å². The molecule has 1 aromatic rings. The summed E-state index contributed by atoms with van der Waals surface area (Å²) in [6.45, 7) is 5.11. The first kappa shape index (κ1) is 21.5. The van der Waals surface area contributed by atoms with Crippen LogP contribution in [0.15, 0.2) is 58.8 Å². The molecule has 0 radical (unpaired) electrons. The normalized spacial score (nSPS) is 23.1. The molecule has 7 heteroatoms. The largest absolute Gasteiger partial charge is 0.474 e. The van der Waals surface area contributed by atoms with Crippen LogP contribution >= 0.6 is 11.6 Å². The molecule has 1 N–H and O–H groups in total. The highest BCUT2D eigenvalue weighted by molar-refractivity contribution is 6.30. The number of benzene rings is 1. The number of aliphatic imine (C=N–C) groups is 1. The number of likely N-dealkylation sites (tertiary alicyclic amines) is 1. The standard InChI is InChI=1S/C24H26ClN3O3/c1-16(28-12-2-3-13-28)10-11-26-23(29)18-6-9-21-20(15-18)27-24(30)22(31-21)14-17-4-7-19(25)8-5-17/h4-9,14-16,21H,2-3,10-13H2,1H3,(H,26,29)/b22-14+. The van der Waals surface area contributed by atoms with Gasteiger partial charge in [0.1, 0.15) is 0 Å². The van der Waals surface area contributed by atoms with Crippen molar-refractivity contribution in [2.24, 2.45) is 4.99 Å². The minimum Gasteiger partial charge on any atom is -0.474 e. The lowest BCUT2D eigenvalue weighted by Gasteiger charge is -2.25. The highest BCUT2D eigenvalue weighted by Gasteiger charge is 2.29. The molecular formula is C24H26ClN3O3. The quantitative estimate of drug-likeness (QED) is 0.688. The van der Waals surface area contributed by atoms with Gasteiger partial charge in [0.25, 0.3) is 5.91 Å². The Bertz CT molecular complexity index is 972. The number of nitrogens with zero attached hydrogens (tertiary/aromatic N) is 2. The van der Waals surface area contributed by atoms with Crippen molar-refractivity contribution in [1.82, 2.24) is 10.2 Å². The van der Waals surface area contributed by atoms with E-state index in [-0.39, 0.29) is 11.7 Å². The maximum absolute atomic E-state index is 12.5. The minimum atomic E-state index is -0.483. The Labute approximate surface area is 187 Å². The van der Waals surface area contributed by atoms with E-state index in [9.17, 15) is 9.59 Å². The van der Waals surface area contributed by atoms with Crippen molar-refractivity contribution in [3.8, 4) is 0 Å². The molecule has 2 aliphatic heterocycles. The van der Waals surface area contributed by atoms with Crippen LogP contribution in [0.2, 0.25) is 5.02 Å². The fraction of sp³-hybridized carbons (Fsp3) is 0.375. The first-order chi connectivity index (χ1) is 15.0. The van der Waals surface area contributed by atoms with Gasteiger partial charge < -0.3 is 15.0 Å². The van der Waals surface area contributed by atoms with Crippen molar-refractivity contribution in [2.75, 3.05) is 19.6 Å². The summed E-state index contributed by atoms with van der Waals surface area (Å²) in [6.07, 6.45) is 9.68. The van der Waals surface area contributed by atoms with Crippen molar-refractivity contribution >= 4 is 35.2 Å². The Balaban J connectivity index is 1.36. The Hall–Kier alpha value is -2.70. The van der Waals surface area contributed by atoms with Crippen LogP contribution in [-0.4, -0.2) is 54.2 Å². The summed E-state index contributed by atoms with van der Waals surface area (Å²) in [5, 5.41) is 3.59. The fourth-order valence-electron chi connectivity index (χ4n) is 3.94. The van der Waals surface area contributed by atoms with Gasteiger partial charge in [-0.2, -0.15) is 0 Å². The van der Waals surface area contributed by atoms with E-state index >= 15 is 0 Å². The van der Waals surface area contributed by atoms with Crippen LogP contribution in [0.25, 0.3) is 6.08 Å². The van der Waals surface area contributed by atoms with Crippen LogP contribution in [0.4, 0.5) is 0 Å².